The van der Waals surface area contributed by atoms with Crippen LogP contribution in [-0.4, -0.2) is 21.4 Å². The number of benzene rings is 3. The minimum atomic E-state index is -3.83. The normalized spacial score (nSPS) is 12.1. The van der Waals surface area contributed by atoms with E-state index in [1.54, 1.807) is 56.5 Å². The molecule has 1 amide bonds. The lowest BCUT2D eigenvalue weighted by Crippen LogP contribution is -2.27. The third-order valence-electron chi connectivity index (χ3n) is 4.73. The van der Waals surface area contributed by atoms with Crippen LogP contribution < -0.4 is 14.8 Å². The molecule has 3 aromatic carbocycles. The topological polar surface area (TPSA) is 84.5 Å². The summed E-state index contributed by atoms with van der Waals surface area (Å²) in [4.78, 5) is 12.8. The van der Waals surface area contributed by atoms with Gasteiger partial charge in [-0.3, -0.25) is 9.52 Å². The largest absolute Gasteiger partial charge is 0.497 e. The Labute approximate surface area is 177 Å². The van der Waals surface area contributed by atoms with E-state index in [-0.39, 0.29) is 22.4 Å². The molecule has 0 unspecified atom stereocenters. The molecule has 0 radical (unpaired) electrons. The van der Waals surface area contributed by atoms with E-state index in [1.165, 1.54) is 6.07 Å². The molecule has 7 heteroatoms. The molecule has 1 atom stereocenters. The fourth-order valence-electron chi connectivity index (χ4n) is 3.00. The van der Waals surface area contributed by atoms with E-state index in [4.69, 9.17) is 4.74 Å². The molecule has 0 saturated carbocycles. The molecule has 6 nitrogen and oxygen atoms in total. The van der Waals surface area contributed by atoms with Gasteiger partial charge < -0.3 is 10.1 Å². The Morgan fingerprint density at radius 3 is 2.27 bits per heavy atom. The Bertz CT molecular complexity index is 1130. The molecule has 2 N–H and O–H groups in total. The molecule has 0 saturated heterocycles. The van der Waals surface area contributed by atoms with Gasteiger partial charge in [0.2, 0.25) is 0 Å². The Morgan fingerprint density at radius 2 is 1.63 bits per heavy atom. The Morgan fingerprint density at radius 1 is 0.967 bits per heavy atom. The number of methoxy groups -OCH3 is 1. The highest BCUT2D eigenvalue weighted by Crippen LogP contribution is 2.22. The van der Waals surface area contributed by atoms with E-state index in [1.807, 2.05) is 31.2 Å². The first-order valence-electron chi connectivity index (χ1n) is 9.43. The van der Waals surface area contributed by atoms with Gasteiger partial charge in [-0.25, -0.2) is 8.42 Å². The Kier molecular flexibility index (Phi) is 6.42. The predicted molar refractivity (Wildman–Crippen MR) is 117 cm³/mol. The highest BCUT2D eigenvalue weighted by molar-refractivity contribution is 7.92. The van der Waals surface area contributed by atoms with Crippen LogP contribution in [0.5, 0.6) is 5.75 Å². The molecule has 0 aromatic heterocycles. The molecule has 0 bridgehead atoms. The zero-order valence-electron chi connectivity index (χ0n) is 17.0. The lowest BCUT2D eigenvalue weighted by molar-refractivity contribution is 0.0939. The molecule has 0 heterocycles. The second kappa shape index (κ2) is 9.00. The van der Waals surface area contributed by atoms with E-state index in [0.717, 1.165) is 11.3 Å². The molecule has 30 heavy (non-hydrogen) atoms. The van der Waals surface area contributed by atoms with E-state index >= 15 is 0 Å². The van der Waals surface area contributed by atoms with Gasteiger partial charge in [-0.05, 0) is 61.4 Å². The zero-order valence-corrected chi connectivity index (χ0v) is 17.9. The number of carbonyl (C=O) groups excluding carboxylic acids is 1. The summed E-state index contributed by atoms with van der Waals surface area (Å²) in [6.07, 6.45) is 0. The van der Waals surface area contributed by atoms with Crippen LogP contribution in [0.3, 0.4) is 0 Å². The van der Waals surface area contributed by atoms with Gasteiger partial charge in [-0.15, -0.1) is 0 Å². The van der Waals surface area contributed by atoms with Crippen LogP contribution >= 0.6 is 0 Å². The minimum absolute atomic E-state index is 0.0658. The number of sulfonamides is 1. The third kappa shape index (κ3) is 4.99. The molecule has 156 valence electrons. The first-order valence-corrected chi connectivity index (χ1v) is 10.9. The van der Waals surface area contributed by atoms with Crippen molar-refractivity contribution in [3.63, 3.8) is 0 Å². The summed E-state index contributed by atoms with van der Waals surface area (Å²) in [6.45, 7) is 3.56. The molecule has 3 rings (SSSR count). The quantitative estimate of drug-likeness (QED) is 0.592. The van der Waals surface area contributed by atoms with Crippen molar-refractivity contribution in [1.29, 1.82) is 0 Å². The number of carbonyl (C=O) groups is 1. The fraction of sp³-hybridized carbons (Fsp3) is 0.174. The van der Waals surface area contributed by atoms with E-state index in [9.17, 15) is 13.2 Å². The van der Waals surface area contributed by atoms with Crippen LogP contribution in [-0.2, 0) is 10.0 Å². The maximum absolute atomic E-state index is 12.8. The van der Waals surface area contributed by atoms with Gasteiger partial charge in [0.1, 0.15) is 5.75 Å². The van der Waals surface area contributed by atoms with Gasteiger partial charge in [0, 0.05) is 11.3 Å². The molecular weight excluding hydrogens is 400 g/mol. The maximum Gasteiger partial charge on any atom is 0.262 e. The van der Waals surface area contributed by atoms with Crippen molar-refractivity contribution in [3.05, 3.63) is 89.5 Å². The lowest BCUT2D eigenvalue weighted by atomic mass is 10.1. The summed E-state index contributed by atoms with van der Waals surface area (Å²) in [5, 5.41) is 2.90. The Balaban J connectivity index is 1.80. The third-order valence-corrected chi connectivity index (χ3v) is 6.25. The number of rotatable bonds is 7. The molecule has 3 aromatic rings. The van der Waals surface area contributed by atoms with E-state index in [0.29, 0.717) is 11.3 Å². The molecule has 0 aliphatic rings. The first kappa shape index (κ1) is 21.4. The van der Waals surface area contributed by atoms with Crippen molar-refractivity contribution in [2.24, 2.45) is 0 Å². The lowest BCUT2D eigenvalue weighted by Gasteiger charge is -2.16. The summed E-state index contributed by atoms with van der Waals surface area (Å²) >= 11 is 0. The summed E-state index contributed by atoms with van der Waals surface area (Å²) in [7, 11) is -2.24. The number of nitrogens with one attached hydrogen (secondary N) is 2. The zero-order chi connectivity index (χ0) is 21.7. The standard InChI is InChI=1S/C23H24N2O4S/c1-16-9-10-19(15-22(16)30(27,28)25-20-7-5-4-6-8-20)23(26)24-17(2)18-11-13-21(29-3)14-12-18/h4-15,17,25H,1-3H3,(H,24,26)/t17-/m1/s1. The second-order valence-corrected chi connectivity index (χ2v) is 8.57. The molecule has 0 aliphatic carbocycles. The number of hydrogen-bond donors (Lipinski definition) is 2. The van der Waals surface area contributed by atoms with Gasteiger partial charge in [0.15, 0.2) is 0 Å². The fourth-order valence-corrected chi connectivity index (χ4v) is 4.33. The van der Waals surface area contributed by atoms with Gasteiger partial charge in [0.05, 0.1) is 18.0 Å². The van der Waals surface area contributed by atoms with E-state index < -0.39 is 10.0 Å². The van der Waals surface area contributed by atoms with Crippen LogP contribution in [0.25, 0.3) is 0 Å². The van der Waals surface area contributed by atoms with Gasteiger partial charge in [-0.1, -0.05) is 36.4 Å². The monoisotopic (exact) mass is 424 g/mol. The number of amides is 1. The minimum Gasteiger partial charge on any atom is -0.497 e. The average Bonchev–Trinajstić information content (AvgIpc) is 2.74. The number of para-hydroxylation sites is 1. The van der Waals surface area contributed by atoms with Crippen molar-refractivity contribution in [3.8, 4) is 5.75 Å². The van der Waals surface area contributed by atoms with Crippen LogP contribution in [0.1, 0.15) is 34.5 Å². The average molecular weight is 425 g/mol. The van der Waals surface area contributed by atoms with Crippen molar-refractivity contribution >= 4 is 21.6 Å². The van der Waals surface area contributed by atoms with Crippen molar-refractivity contribution < 1.29 is 17.9 Å². The summed E-state index contributed by atoms with van der Waals surface area (Å²) < 4.78 is 33.4. The molecule has 0 fully saturated rings. The van der Waals surface area contributed by atoms with Crippen molar-refractivity contribution in [2.45, 2.75) is 24.8 Å². The number of hydrogen-bond acceptors (Lipinski definition) is 4. The number of anilines is 1. The number of aryl methyl sites for hydroxylation is 1. The van der Waals surface area contributed by atoms with Crippen LogP contribution in [0, 0.1) is 6.92 Å². The molecule has 0 spiro atoms. The highest BCUT2D eigenvalue weighted by Gasteiger charge is 2.20. The van der Waals surface area contributed by atoms with E-state index in [2.05, 4.69) is 10.0 Å². The van der Waals surface area contributed by atoms with Crippen molar-refractivity contribution in [1.82, 2.24) is 5.32 Å². The summed E-state index contributed by atoms with van der Waals surface area (Å²) in [5.74, 6) is 0.381. The molecule has 0 aliphatic heterocycles. The van der Waals surface area contributed by atoms with Crippen molar-refractivity contribution in [2.75, 3.05) is 11.8 Å². The van der Waals surface area contributed by atoms with Gasteiger partial charge in [0.25, 0.3) is 15.9 Å². The van der Waals surface area contributed by atoms with Gasteiger partial charge in [-0.2, -0.15) is 0 Å². The smallest absolute Gasteiger partial charge is 0.262 e. The predicted octanol–water partition coefficient (Wildman–Crippen LogP) is 4.30. The summed E-state index contributed by atoms with van der Waals surface area (Å²) in [5.41, 5.74) is 2.20. The van der Waals surface area contributed by atoms with Crippen LogP contribution in [0.2, 0.25) is 0 Å². The SMILES string of the molecule is COc1ccc([C@@H](C)NC(=O)c2ccc(C)c(S(=O)(=O)Nc3ccccc3)c2)cc1. The second-order valence-electron chi connectivity index (χ2n) is 6.92. The Hall–Kier alpha value is -3.32. The summed E-state index contributed by atoms with van der Waals surface area (Å²) in [6, 6.07) is 20.4. The van der Waals surface area contributed by atoms with Crippen LogP contribution in [0.4, 0.5) is 5.69 Å². The van der Waals surface area contributed by atoms with Crippen LogP contribution in [0.15, 0.2) is 77.7 Å². The first-order chi connectivity index (χ1) is 14.3. The van der Waals surface area contributed by atoms with Gasteiger partial charge >= 0.3 is 0 Å². The molecular formula is C23H24N2O4S. The number of ether oxygens (including phenoxy) is 1. The highest BCUT2D eigenvalue weighted by atomic mass is 32.2. The maximum atomic E-state index is 12.8.